The molecule has 0 aliphatic carbocycles. The number of aromatic nitrogens is 3. The van der Waals surface area contributed by atoms with Crippen molar-refractivity contribution < 1.29 is 18.7 Å². The predicted molar refractivity (Wildman–Crippen MR) is 83.5 cm³/mol. The molecule has 3 rings (SSSR count). The molecule has 7 nitrogen and oxygen atoms in total. The first-order chi connectivity index (χ1) is 11.7. The minimum Gasteiger partial charge on any atom is -0.372 e. The molecule has 0 saturated heterocycles. The summed E-state index contributed by atoms with van der Waals surface area (Å²) in [5.41, 5.74) is 2.09. The van der Waals surface area contributed by atoms with Crippen LogP contribution in [0.3, 0.4) is 0 Å². The smallest absolute Gasteiger partial charge is 0.246 e. The highest BCUT2D eigenvalue weighted by Gasteiger charge is 2.24. The fraction of sp³-hybridized carbons (Fsp3) is 0.438. The van der Waals surface area contributed by atoms with Crippen LogP contribution in [0.5, 0.6) is 0 Å². The first-order valence-corrected chi connectivity index (χ1v) is 7.81. The Labute approximate surface area is 138 Å². The van der Waals surface area contributed by atoms with Crippen LogP contribution in [0.2, 0.25) is 0 Å². The van der Waals surface area contributed by atoms with Gasteiger partial charge in [-0.3, -0.25) is 4.79 Å². The molecule has 2 heterocycles. The van der Waals surface area contributed by atoms with Crippen LogP contribution in [0.1, 0.15) is 12.6 Å². The summed E-state index contributed by atoms with van der Waals surface area (Å²) in [6.45, 7) is 3.54. The van der Waals surface area contributed by atoms with Crippen LogP contribution in [-0.2, 0) is 27.4 Å². The summed E-state index contributed by atoms with van der Waals surface area (Å²) in [6.07, 6.45) is -0.190. The number of halogens is 1. The van der Waals surface area contributed by atoms with Crippen molar-refractivity contribution in [3.8, 4) is 11.3 Å². The minimum absolute atomic E-state index is 0.0432. The van der Waals surface area contributed by atoms with E-state index in [2.05, 4.69) is 15.6 Å². The van der Waals surface area contributed by atoms with Crippen LogP contribution in [-0.4, -0.2) is 46.8 Å². The zero-order chi connectivity index (χ0) is 16.9. The van der Waals surface area contributed by atoms with Crippen molar-refractivity contribution in [3.05, 3.63) is 35.8 Å². The number of hydrogen-bond donors (Lipinski definition) is 1. The van der Waals surface area contributed by atoms with E-state index < -0.39 is 0 Å². The normalized spacial score (nSPS) is 16.7. The van der Waals surface area contributed by atoms with Gasteiger partial charge >= 0.3 is 0 Å². The van der Waals surface area contributed by atoms with Crippen LogP contribution in [0.4, 0.5) is 4.39 Å². The van der Waals surface area contributed by atoms with Gasteiger partial charge in [-0.15, -0.1) is 5.10 Å². The lowest BCUT2D eigenvalue weighted by molar-refractivity contribution is -0.126. The van der Waals surface area contributed by atoms with Crippen LogP contribution >= 0.6 is 0 Å². The summed E-state index contributed by atoms with van der Waals surface area (Å²) in [6, 6.07) is 6.23. The Balaban J connectivity index is 1.62. The third-order valence-corrected chi connectivity index (χ3v) is 3.73. The van der Waals surface area contributed by atoms with Gasteiger partial charge in [0.25, 0.3) is 0 Å². The number of nitrogens with zero attached hydrogens (tertiary/aromatic N) is 3. The monoisotopic (exact) mass is 334 g/mol. The summed E-state index contributed by atoms with van der Waals surface area (Å²) in [5, 5.41) is 11.0. The maximum Gasteiger partial charge on any atom is 0.246 e. The minimum atomic E-state index is -0.319. The average Bonchev–Trinajstić information content (AvgIpc) is 3.01. The van der Waals surface area contributed by atoms with E-state index in [0.29, 0.717) is 37.6 Å². The molecular weight excluding hydrogens is 315 g/mol. The summed E-state index contributed by atoms with van der Waals surface area (Å²) in [4.78, 5) is 11.5. The number of nitrogens with one attached hydrogen (secondary N) is 1. The molecule has 24 heavy (non-hydrogen) atoms. The first-order valence-electron chi connectivity index (χ1n) is 7.81. The highest BCUT2D eigenvalue weighted by molar-refractivity contribution is 5.77. The number of carbonyl (C=O) groups excluding carboxylic acids is 1. The lowest BCUT2D eigenvalue weighted by Crippen LogP contribution is -2.40. The molecule has 1 aromatic heterocycles. The Hall–Kier alpha value is -2.32. The second-order valence-corrected chi connectivity index (χ2v) is 5.45. The van der Waals surface area contributed by atoms with Gasteiger partial charge in [0.1, 0.15) is 18.1 Å². The maximum atomic E-state index is 13.4. The van der Waals surface area contributed by atoms with Gasteiger partial charge in [0.15, 0.2) is 0 Å². The van der Waals surface area contributed by atoms with E-state index in [1.807, 2.05) is 6.92 Å². The van der Waals surface area contributed by atoms with Gasteiger partial charge in [0.05, 0.1) is 24.9 Å². The summed E-state index contributed by atoms with van der Waals surface area (Å²) in [7, 11) is 0. The Kier molecular flexibility index (Phi) is 5.17. The molecule has 8 heteroatoms. The van der Waals surface area contributed by atoms with E-state index in [4.69, 9.17) is 9.47 Å². The number of carbonyl (C=O) groups is 1. The van der Waals surface area contributed by atoms with Crippen LogP contribution in [0.25, 0.3) is 11.3 Å². The predicted octanol–water partition coefficient (Wildman–Crippen LogP) is 1.14. The molecule has 128 valence electrons. The molecule has 2 aromatic rings. The Morgan fingerprint density at radius 1 is 1.54 bits per heavy atom. The van der Waals surface area contributed by atoms with E-state index in [9.17, 15) is 9.18 Å². The molecule has 0 fully saturated rings. The van der Waals surface area contributed by atoms with Crippen molar-refractivity contribution in [2.45, 2.75) is 26.2 Å². The van der Waals surface area contributed by atoms with Crippen molar-refractivity contribution in [3.63, 3.8) is 0 Å². The summed E-state index contributed by atoms with van der Waals surface area (Å²) < 4.78 is 25.9. The van der Waals surface area contributed by atoms with E-state index in [0.717, 1.165) is 5.69 Å². The number of ether oxygens (including phenoxy) is 2. The van der Waals surface area contributed by atoms with E-state index in [1.54, 1.807) is 16.8 Å². The summed E-state index contributed by atoms with van der Waals surface area (Å²) >= 11 is 0. The molecule has 1 atom stereocenters. The molecule has 1 aromatic carbocycles. The largest absolute Gasteiger partial charge is 0.372 e. The topological polar surface area (TPSA) is 78.3 Å². The van der Waals surface area contributed by atoms with Crippen LogP contribution in [0, 0.1) is 5.82 Å². The van der Waals surface area contributed by atoms with Gasteiger partial charge < -0.3 is 14.8 Å². The first kappa shape index (κ1) is 16.5. The van der Waals surface area contributed by atoms with Crippen LogP contribution in [0.15, 0.2) is 24.3 Å². The quantitative estimate of drug-likeness (QED) is 0.857. The van der Waals surface area contributed by atoms with Gasteiger partial charge in [0, 0.05) is 18.7 Å². The molecule has 1 amide bonds. The molecule has 0 bridgehead atoms. The number of fused-ring (bicyclic) bond motifs is 1. The van der Waals surface area contributed by atoms with Crippen molar-refractivity contribution in [1.82, 2.24) is 20.3 Å². The SMILES string of the molecule is CCOCC(=O)NCC1Cn2nnc(-c3cccc(F)c3)c2CO1. The third-order valence-electron chi connectivity index (χ3n) is 3.73. The maximum absolute atomic E-state index is 13.4. The van der Waals surface area contributed by atoms with Crippen molar-refractivity contribution >= 4 is 5.91 Å². The lowest BCUT2D eigenvalue weighted by Gasteiger charge is -2.24. The van der Waals surface area contributed by atoms with Crippen molar-refractivity contribution in [2.75, 3.05) is 19.8 Å². The van der Waals surface area contributed by atoms with E-state index in [1.165, 1.54) is 12.1 Å². The Morgan fingerprint density at radius 2 is 2.42 bits per heavy atom. The molecule has 0 saturated carbocycles. The second-order valence-electron chi connectivity index (χ2n) is 5.45. The van der Waals surface area contributed by atoms with Crippen molar-refractivity contribution in [2.24, 2.45) is 0 Å². The number of hydrogen-bond acceptors (Lipinski definition) is 5. The molecule has 1 unspecified atom stereocenters. The standard InChI is InChI=1S/C16H19FN4O3/c1-2-23-10-15(22)18-7-13-8-21-14(9-24-13)16(19-20-21)11-4-3-5-12(17)6-11/h3-6,13H,2,7-10H2,1H3,(H,18,22). The average molecular weight is 334 g/mol. The molecule has 1 N–H and O–H groups in total. The second kappa shape index (κ2) is 7.50. The summed E-state index contributed by atoms with van der Waals surface area (Å²) in [5.74, 6) is -0.494. The fourth-order valence-corrected chi connectivity index (χ4v) is 2.52. The molecule has 0 spiro atoms. The zero-order valence-electron chi connectivity index (χ0n) is 13.4. The number of rotatable bonds is 6. The Bertz CT molecular complexity index is 719. The molecule has 0 radical (unpaired) electrons. The van der Waals surface area contributed by atoms with E-state index in [-0.39, 0.29) is 24.4 Å². The van der Waals surface area contributed by atoms with Gasteiger partial charge in [-0.2, -0.15) is 0 Å². The third kappa shape index (κ3) is 3.77. The van der Waals surface area contributed by atoms with Gasteiger partial charge in [-0.25, -0.2) is 9.07 Å². The number of amides is 1. The lowest BCUT2D eigenvalue weighted by atomic mass is 10.1. The van der Waals surface area contributed by atoms with Gasteiger partial charge in [-0.1, -0.05) is 17.3 Å². The van der Waals surface area contributed by atoms with Gasteiger partial charge in [-0.05, 0) is 19.1 Å². The Morgan fingerprint density at radius 3 is 3.21 bits per heavy atom. The molecule has 1 aliphatic heterocycles. The van der Waals surface area contributed by atoms with Crippen LogP contribution < -0.4 is 5.32 Å². The molecule has 1 aliphatic rings. The highest BCUT2D eigenvalue weighted by atomic mass is 19.1. The molecular formula is C16H19FN4O3. The van der Waals surface area contributed by atoms with Crippen molar-refractivity contribution in [1.29, 1.82) is 0 Å². The zero-order valence-corrected chi connectivity index (χ0v) is 13.4. The van der Waals surface area contributed by atoms with E-state index >= 15 is 0 Å². The highest BCUT2D eigenvalue weighted by Crippen LogP contribution is 2.25. The van der Waals surface area contributed by atoms with Gasteiger partial charge in [0.2, 0.25) is 5.91 Å². The number of benzene rings is 1. The fourth-order valence-electron chi connectivity index (χ4n) is 2.52.